The summed E-state index contributed by atoms with van der Waals surface area (Å²) in [6.45, 7) is 0.817. The van der Waals surface area contributed by atoms with Crippen LogP contribution in [0.5, 0.6) is 0 Å². The maximum Gasteiger partial charge on any atom is 0.275 e. The Hall–Kier alpha value is -1.63. The van der Waals surface area contributed by atoms with E-state index < -0.39 is 6.10 Å². The Morgan fingerprint density at radius 3 is 2.46 bits per heavy atom. The highest BCUT2D eigenvalue weighted by atomic mass is 35.5. The van der Waals surface area contributed by atoms with Gasteiger partial charge in [-0.2, -0.15) is 0 Å². The van der Waals surface area contributed by atoms with Gasteiger partial charge in [0.15, 0.2) is 11.5 Å². The molecule has 1 aliphatic heterocycles. The van der Waals surface area contributed by atoms with Gasteiger partial charge >= 0.3 is 0 Å². The third-order valence-corrected chi connectivity index (χ3v) is 5.89. The lowest BCUT2D eigenvalue weighted by Crippen LogP contribution is -2.30. The first kappa shape index (κ1) is 17.8. The monoisotopic (exact) mass is 394 g/mol. The predicted octanol–water partition coefficient (Wildman–Crippen LogP) is 3.50. The minimum absolute atomic E-state index is 0.240. The van der Waals surface area contributed by atoms with Crippen LogP contribution < -0.4 is 5.32 Å². The molecule has 8 heteroatoms. The topological polar surface area (TPSA) is 78.4 Å². The van der Waals surface area contributed by atoms with Crippen LogP contribution in [-0.2, 0) is 0 Å². The normalized spacial score (nSPS) is 20.9. The Labute approximate surface area is 161 Å². The van der Waals surface area contributed by atoms with Gasteiger partial charge in [0.1, 0.15) is 0 Å². The van der Waals surface area contributed by atoms with Crippen molar-refractivity contribution in [3.05, 3.63) is 27.9 Å². The van der Waals surface area contributed by atoms with Crippen molar-refractivity contribution in [1.82, 2.24) is 15.1 Å². The smallest absolute Gasteiger partial charge is 0.275 e. The van der Waals surface area contributed by atoms with Crippen molar-refractivity contribution < 1.29 is 9.90 Å². The molecule has 26 heavy (non-hydrogen) atoms. The number of rotatable bonds is 3. The number of aliphatic hydroxyl groups is 1. The molecule has 4 rings (SSSR count). The summed E-state index contributed by atoms with van der Waals surface area (Å²) in [5, 5.41) is 23.8. The molecule has 138 valence electrons. The first-order chi connectivity index (χ1) is 12.5. The highest BCUT2D eigenvalue weighted by Crippen LogP contribution is 2.34. The molecule has 0 spiro atoms. The highest BCUT2D eigenvalue weighted by Gasteiger charge is 2.29. The minimum atomic E-state index is -0.487. The van der Waals surface area contributed by atoms with E-state index in [1.54, 1.807) is 17.0 Å². The molecule has 2 N–H and O–H groups in total. The molecule has 6 nitrogen and oxygen atoms in total. The van der Waals surface area contributed by atoms with Crippen molar-refractivity contribution in [2.45, 2.75) is 44.2 Å². The molecule has 1 saturated carbocycles. The number of anilines is 1. The number of carbonyl (C=O) groups excluding carboxylic acids is 1. The van der Waals surface area contributed by atoms with E-state index in [-0.39, 0.29) is 11.6 Å². The third kappa shape index (κ3) is 3.33. The molecule has 1 aliphatic carbocycles. The number of likely N-dealkylation sites (tertiary alicyclic amines) is 1. The van der Waals surface area contributed by atoms with Crippen LogP contribution in [0, 0.1) is 0 Å². The Bertz CT molecular complexity index is 855. The average molecular weight is 395 g/mol. The van der Waals surface area contributed by atoms with Crippen LogP contribution in [0.4, 0.5) is 5.82 Å². The maximum absolute atomic E-state index is 12.9. The summed E-state index contributed by atoms with van der Waals surface area (Å²) >= 11 is 12.4. The summed E-state index contributed by atoms with van der Waals surface area (Å²) in [5.74, 6) is 0.383. The Balaban J connectivity index is 1.76. The second-order valence-electron chi connectivity index (χ2n) is 7.03. The molecule has 2 fully saturated rings. The van der Waals surface area contributed by atoms with E-state index in [1.165, 1.54) is 12.8 Å². The molecule has 2 aliphatic rings. The zero-order valence-electron chi connectivity index (χ0n) is 14.2. The van der Waals surface area contributed by atoms with Gasteiger partial charge in [0.05, 0.1) is 16.1 Å². The van der Waals surface area contributed by atoms with Gasteiger partial charge in [-0.1, -0.05) is 36.0 Å². The Morgan fingerprint density at radius 1 is 1.12 bits per heavy atom. The molecule has 0 bridgehead atoms. The number of nitrogens with zero attached hydrogens (tertiary/aromatic N) is 3. The van der Waals surface area contributed by atoms with Crippen LogP contribution in [0.15, 0.2) is 12.1 Å². The molecule has 1 atom stereocenters. The van der Waals surface area contributed by atoms with E-state index in [9.17, 15) is 9.90 Å². The lowest BCUT2D eigenvalue weighted by Gasteiger charge is -2.18. The van der Waals surface area contributed by atoms with Crippen molar-refractivity contribution in [3.8, 4) is 0 Å². The second kappa shape index (κ2) is 7.18. The highest BCUT2D eigenvalue weighted by molar-refractivity contribution is 6.43. The van der Waals surface area contributed by atoms with Crippen molar-refractivity contribution in [2.24, 2.45) is 0 Å². The first-order valence-electron chi connectivity index (χ1n) is 8.92. The number of benzene rings is 1. The first-order valence-corrected chi connectivity index (χ1v) is 9.68. The number of hydrogen-bond acceptors (Lipinski definition) is 5. The van der Waals surface area contributed by atoms with Gasteiger partial charge in [0.25, 0.3) is 5.91 Å². The number of fused-ring (bicyclic) bond motifs is 1. The summed E-state index contributed by atoms with van der Waals surface area (Å²) in [7, 11) is 0. The summed E-state index contributed by atoms with van der Waals surface area (Å²) in [6.07, 6.45) is 4.67. The second-order valence-corrected chi connectivity index (χ2v) is 7.84. The lowest BCUT2D eigenvalue weighted by molar-refractivity contribution is 0.0760. The van der Waals surface area contributed by atoms with Gasteiger partial charge in [-0.15, -0.1) is 10.2 Å². The minimum Gasteiger partial charge on any atom is -0.391 e. The van der Waals surface area contributed by atoms with Gasteiger partial charge in [0.2, 0.25) is 0 Å². The molecule has 0 radical (unpaired) electrons. The van der Waals surface area contributed by atoms with E-state index in [0.29, 0.717) is 46.8 Å². The summed E-state index contributed by atoms with van der Waals surface area (Å²) < 4.78 is 0. The lowest BCUT2D eigenvalue weighted by atomic mass is 10.1. The summed E-state index contributed by atoms with van der Waals surface area (Å²) in [5.41, 5.74) is 0.240. The number of hydrogen-bond donors (Lipinski definition) is 2. The van der Waals surface area contributed by atoms with Gasteiger partial charge in [-0.3, -0.25) is 4.79 Å². The molecule has 1 saturated heterocycles. The van der Waals surface area contributed by atoms with Crippen LogP contribution >= 0.6 is 23.2 Å². The largest absolute Gasteiger partial charge is 0.391 e. The fourth-order valence-corrected chi connectivity index (χ4v) is 4.08. The zero-order chi connectivity index (χ0) is 18.3. The van der Waals surface area contributed by atoms with Crippen molar-refractivity contribution in [1.29, 1.82) is 0 Å². The molecule has 2 aromatic rings. The summed E-state index contributed by atoms with van der Waals surface area (Å²) in [6, 6.07) is 3.77. The number of aromatic nitrogens is 2. The van der Waals surface area contributed by atoms with E-state index in [4.69, 9.17) is 23.2 Å². The van der Waals surface area contributed by atoms with Gasteiger partial charge in [-0.05, 0) is 31.4 Å². The molecule has 1 unspecified atom stereocenters. The van der Waals surface area contributed by atoms with Crippen LogP contribution in [0.2, 0.25) is 10.0 Å². The fourth-order valence-electron chi connectivity index (χ4n) is 3.75. The molecule has 1 aromatic heterocycles. The molecular formula is C18H20Cl2N4O2. The van der Waals surface area contributed by atoms with Gasteiger partial charge < -0.3 is 15.3 Å². The van der Waals surface area contributed by atoms with Crippen molar-refractivity contribution >= 4 is 45.7 Å². The Morgan fingerprint density at radius 2 is 1.81 bits per heavy atom. The number of halogens is 2. The molecular weight excluding hydrogens is 375 g/mol. The average Bonchev–Trinajstić information content (AvgIpc) is 3.28. The third-order valence-electron chi connectivity index (χ3n) is 5.17. The van der Waals surface area contributed by atoms with Gasteiger partial charge in [0, 0.05) is 29.9 Å². The van der Waals surface area contributed by atoms with Crippen molar-refractivity contribution in [3.63, 3.8) is 0 Å². The number of carbonyl (C=O) groups is 1. The maximum atomic E-state index is 12.9. The SMILES string of the molecule is O=C(c1nnc(NC2CCCC2)c2cc(Cl)c(Cl)cc12)N1CCC(O)C1. The predicted molar refractivity (Wildman–Crippen MR) is 102 cm³/mol. The van der Waals surface area contributed by atoms with Crippen LogP contribution in [-0.4, -0.2) is 51.3 Å². The summed E-state index contributed by atoms with van der Waals surface area (Å²) in [4.78, 5) is 14.5. The van der Waals surface area contributed by atoms with Crippen LogP contribution in [0.3, 0.4) is 0 Å². The van der Waals surface area contributed by atoms with Crippen molar-refractivity contribution in [2.75, 3.05) is 18.4 Å². The van der Waals surface area contributed by atoms with E-state index >= 15 is 0 Å². The number of aliphatic hydroxyl groups excluding tert-OH is 1. The molecule has 1 aromatic carbocycles. The zero-order valence-corrected chi connectivity index (χ0v) is 15.7. The molecule has 1 amide bonds. The fraction of sp³-hybridized carbons (Fsp3) is 0.500. The quantitative estimate of drug-likeness (QED) is 0.832. The Kier molecular flexibility index (Phi) is 4.90. The van der Waals surface area contributed by atoms with Gasteiger partial charge in [-0.25, -0.2) is 0 Å². The van der Waals surface area contributed by atoms with E-state index in [2.05, 4.69) is 15.5 Å². The molecule has 2 heterocycles. The van der Waals surface area contributed by atoms with E-state index in [1.807, 2.05) is 0 Å². The van der Waals surface area contributed by atoms with E-state index in [0.717, 1.165) is 18.2 Å². The van der Waals surface area contributed by atoms with Crippen LogP contribution in [0.1, 0.15) is 42.6 Å². The standard InChI is InChI=1S/C18H20Cl2N4O2/c19-14-7-12-13(8-15(14)20)17(21-10-3-1-2-4-10)23-22-16(12)18(26)24-6-5-11(25)9-24/h7-8,10-11,25H,1-6,9H2,(H,21,23). The van der Waals surface area contributed by atoms with Crippen LogP contribution in [0.25, 0.3) is 10.8 Å². The number of nitrogens with one attached hydrogen (secondary N) is 1. The number of amides is 1. The number of β-amino-alcohol motifs (C(OH)–C–C–N with tert-alkyl or cyclic N) is 1.